The van der Waals surface area contributed by atoms with Gasteiger partial charge in [0.05, 0.1) is 0 Å². The number of aryl methyl sites for hydroxylation is 2. The van der Waals surface area contributed by atoms with E-state index in [-0.39, 0.29) is 11.9 Å². The van der Waals surface area contributed by atoms with Gasteiger partial charge in [-0.3, -0.25) is 4.79 Å². The fourth-order valence-corrected chi connectivity index (χ4v) is 3.13. The van der Waals surface area contributed by atoms with Crippen LogP contribution in [0.2, 0.25) is 0 Å². The number of carbonyl (C=O) groups is 1. The van der Waals surface area contributed by atoms with Gasteiger partial charge >= 0.3 is 0 Å². The average molecular weight is 354 g/mol. The standard InChI is InChI=1S/C20H26N4O2/c1-14-5-6-15(2)18(13-14)26-16(3)19(25)24-11-7-17(8-12-24)23-20-21-9-4-10-22-20/h4-6,9-10,13,16-17H,7-8,11-12H2,1-3H3,(H,21,22,23)/t16-/m0/s1. The maximum Gasteiger partial charge on any atom is 0.263 e. The third-order valence-electron chi connectivity index (χ3n) is 4.70. The highest BCUT2D eigenvalue weighted by molar-refractivity contribution is 5.81. The molecule has 0 spiro atoms. The van der Waals surface area contributed by atoms with Crippen LogP contribution < -0.4 is 10.1 Å². The quantitative estimate of drug-likeness (QED) is 0.894. The van der Waals surface area contributed by atoms with E-state index in [0.29, 0.717) is 19.0 Å². The van der Waals surface area contributed by atoms with Gasteiger partial charge in [0.25, 0.3) is 5.91 Å². The van der Waals surface area contributed by atoms with Crippen LogP contribution in [0.5, 0.6) is 5.75 Å². The van der Waals surface area contributed by atoms with E-state index in [1.54, 1.807) is 18.5 Å². The van der Waals surface area contributed by atoms with E-state index in [1.165, 1.54) is 0 Å². The molecule has 2 aromatic rings. The normalized spacial score (nSPS) is 16.2. The minimum atomic E-state index is -0.488. The van der Waals surface area contributed by atoms with Crippen molar-refractivity contribution in [3.05, 3.63) is 47.8 Å². The van der Waals surface area contributed by atoms with E-state index in [4.69, 9.17) is 4.74 Å². The lowest BCUT2D eigenvalue weighted by Gasteiger charge is -2.34. The van der Waals surface area contributed by atoms with E-state index >= 15 is 0 Å². The maximum absolute atomic E-state index is 12.7. The number of hydrogen-bond donors (Lipinski definition) is 1. The zero-order valence-electron chi connectivity index (χ0n) is 15.6. The second-order valence-electron chi connectivity index (χ2n) is 6.85. The van der Waals surface area contributed by atoms with Gasteiger partial charge in [-0.25, -0.2) is 9.97 Å². The number of benzene rings is 1. The molecule has 0 bridgehead atoms. The van der Waals surface area contributed by atoms with Crippen LogP contribution >= 0.6 is 0 Å². The molecule has 1 aliphatic heterocycles. The van der Waals surface area contributed by atoms with Crippen molar-refractivity contribution in [2.24, 2.45) is 0 Å². The Balaban J connectivity index is 1.52. The van der Waals surface area contributed by atoms with Gasteiger partial charge in [-0.1, -0.05) is 12.1 Å². The molecule has 1 amide bonds. The predicted octanol–water partition coefficient (Wildman–Crippen LogP) is 2.96. The number of piperidine rings is 1. The lowest BCUT2D eigenvalue weighted by molar-refractivity contribution is -0.138. The van der Waals surface area contributed by atoms with E-state index in [1.807, 2.05) is 43.9 Å². The average Bonchev–Trinajstić information content (AvgIpc) is 2.65. The highest BCUT2D eigenvalue weighted by Gasteiger charge is 2.27. The van der Waals surface area contributed by atoms with Crippen LogP contribution in [-0.2, 0) is 4.79 Å². The van der Waals surface area contributed by atoms with Crippen LogP contribution in [0, 0.1) is 13.8 Å². The molecule has 1 N–H and O–H groups in total. The smallest absolute Gasteiger partial charge is 0.263 e. The number of hydrogen-bond acceptors (Lipinski definition) is 5. The van der Waals surface area contributed by atoms with Crippen LogP contribution in [0.15, 0.2) is 36.7 Å². The summed E-state index contributed by atoms with van der Waals surface area (Å²) in [5.74, 6) is 1.47. The van der Waals surface area contributed by atoms with Crippen molar-refractivity contribution in [3.63, 3.8) is 0 Å². The SMILES string of the molecule is Cc1ccc(C)c(O[C@@H](C)C(=O)N2CCC(Nc3ncccn3)CC2)c1. The van der Waals surface area contributed by atoms with Crippen molar-refractivity contribution < 1.29 is 9.53 Å². The second-order valence-corrected chi connectivity index (χ2v) is 6.85. The third-order valence-corrected chi connectivity index (χ3v) is 4.70. The summed E-state index contributed by atoms with van der Waals surface area (Å²) in [5.41, 5.74) is 2.17. The van der Waals surface area contributed by atoms with E-state index < -0.39 is 6.10 Å². The predicted molar refractivity (Wildman–Crippen MR) is 101 cm³/mol. The number of nitrogens with zero attached hydrogens (tertiary/aromatic N) is 3. The maximum atomic E-state index is 12.7. The monoisotopic (exact) mass is 354 g/mol. The number of anilines is 1. The van der Waals surface area contributed by atoms with Gasteiger partial charge in [-0.2, -0.15) is 0 Å². The van der Waals surface area contributed by atoms with Gasteiger partial charge in [0.1, 0.15) is 5.75 Å². The Bertz CT molecular complexity index is 743. The third kappa shape index (κ3) is 4.50. The highest BCUT2D eigenvalue weighted by atomic mass is 16.5. The topological polar surface area (TPSA) is 67.3 Å². The molecule has 1 fully saturated rings. The van der Waals surface area contributed by atoms with Gasteiger partial charge in [0, 0.05) is 31.5 Å². The molecular formula is C20H26N4O2. The molecule has 1 aromatic heterocycles. The lowest BCUT2D eigenvalue weighted by atomic mass is 10.0. The van der Waals surface area contributed by atoms with Crippen LogP contribution in [0.4, 0.5) is 5.95 Å². The molecular weight excluding hydrogens is 328 g/mol. The Hall–Kier alpha value is -2.63. The van der Waals surface area contributed by atoms with Gasteiger partial charge in [0.2, 0.25) is 5.95 Å². The molecule has 1 aliphatic rings. The van der Waals surface area contributed by atoms with Crippen molar-refractivity contribution in [3.8, 4) is 5.75 Å². The van der Waals surface area contributed by atoms with E-state index in [0.717, 1.165) is 29.7 Å². The summed E-state index contributed by atoms with van der Waals surface area (Å²) in [4.78, 5) is 23.0. The summed E-state index contributed by atoms with van der Waals surface area (Å²) < 4.78 is 5.94. The van der Waals surface area contributed by atoms with Crippen molar-refractivity contribution in [1.82, 2.24) is 14.9 Å². The van der Waals surface area contributed by atoms with Crippen molar-refractivity contribution in [2.45, 2.75) is 45.8 Å². The van der Waals surface area contributed by atoms with E-state index in [2.05, 4.69) is 15.3 Å². The first-order valence-corrected chi connectivity index (χ1v) is 9.09. The fourth-order valence-electron chi connectivity index (χ4n) is 3.13. The first kappa shape index (κ1) is 18.2. The van der Waals surface area contributed by atoms with Gasteiger partial charge < -0.3 is 15.0 Å². The molecule has 0 radical (unpaired) electrons. The number of likely N-dealkylation sites (tertiary alicyclic amines) is 1. The van der Waals surface area contributed by atoms with Gasteiger partial charge in [0.15, 0.2) is 6.10 Å². The molecule has 138 valence electrons. The minimum absolute atomic E-state index is 0.0420. The molecule has 6 heteroatoms. The second kappa shape index (κ2) is 8.17. The number of nitrogens with one attached hydrogen (secondary N) is 1. The molecule has 6 nitrogen and oxygen atoms in total. The van der Waals surface area contributed by atoms with Crippen molar-refractivity contribution in [1.29, 1.82) is 0 Å². The zero-order valence-corrected chi connectivity index (χ0v) is 15.6. The van der Waals surface area contributed by atoms with E-state index in [9.17, 15) is 4.79 Å². The number of amides is 1. The largest absolute Gasteiger partial charge is 0.481 e. The Morgan fingerprint density at radius 2 is 1.92 bits per heavy atom. The Morgan fingerprint density at radius 3 is 2.62 bits per heavy atom. The van der Waals surface area contributed by atoms with Crippen molar-refractivity contribution >= 4 is 11.9 Å². The first-order valence-electron chi connectivity index (χ1n) is 9.09. The lowest BCUT2D eigenvalue weighted by Crippen LogP contribution is -2.47. The summed E-state index contributed by atoms with van der Waals surface area (Å²) in [6.07, 6.45) is 4.71. The first-order chi connectivity index (χ1) is 12.5. The number of aromatic nitrogens is 2. The summed E-state index contributed by atoms with van der Waals surface area (Å²) in [7, 11) is 0. The zero-order chi connectivity index (χ0) is 18.5. The summed E-state index contributed by atoms with van der Waals surface area (Å²) in [5, 5.41) is 3.33. The van der Waals surface area contributed by atoms with Crippen LogP contribution in [0.25, 0.3) is 0 Å². The summed E-state index contributed by atoms with van der Waals surface area (Å²) >= 11 is 0. The molecule has 3 rings (SSSR count). The summed E-state index contributed by atoms with van der Waals surface area (Å²) in [6.45, 7) is 7.27. The van der Waals surface area contributed by atoms with Gasteiger partial charge in [-0.05, 0) is 56.9 Å². The Kier molecular flexibility index (Phi) is 5.71. The van der Waals surface area contributed by atoms with Crippen LogP contribution in [0.1, 0.15) is 30.9 Å². The Labute approximate surface area is 154 Å². The molecule has 0 aliphatic carbocycles. The molecule has 1 saturated heterocycles. The molecule has 1 aromatic carbocycles. The molecule has 2 heterocycles. The molecule has 26 heavy (non-hydrogen) atoms. The van der Waals surface area contributed by atoms with Gasteiger partial charge in [-0.15, -0.1) is 0 Å². The van der Waals surface area contributed by atoms with Crippen LogP contribution in [-0.4, -0.2) is 46.0 Å². The Morgan fingerprint density at radius 1 is 1.23 bits per heavy atom. The highest BCUT2D eigenvalue weighted by Crippen LogP contribution is 2.22. The fraction of sp³-hybridized carbons (Fsp3) is 0.450. The molecule has 0 unspecified atom stereocenters. The van der Waals surface area contributed by atoms with Crippen LogP contribution in [0.3, 0.4) is 0 Å². The number of rotatable bonds is 5. The summed E-state index contributed by atoms with van der Waals surface area (Å²) in [6, 6.07) is 8.13. The molecule has 1 atom stereocenters. The van der Waals surface area contributed by atoms with Crippen molar-refractivity contribution in [2.75, 3.05) is 18.4 Å². The number of ether oxygens (including phenoxy) is 1. The number of carbonyl (C=O) groups excluding carboxylic acids is 1. The molecule has 0 saturated carbocycles. The minimum Gasteiger partial charge on any atom is -0.481 e.